The number of hydrogen-bond donors (Lipinski definition) is 1. The normalized spacial score (nSPS) is 18.2. The van der Waals surface area contributed by atoms with Crippen LogP contribution in [0.4, 0.5) is 10.1 Å². The van der Waals surface area contributed by atoms with E-state index in [0.29, 0.717) is 35.7 Å². The van der Waals surface area contributed by atoms with Crippen LogP contribution in [0.5, 0.6) is 0 Å². The number of carbonyl (C=O) groups is 1. The van der Waals surface area contributed by atoms with Crippen molar-refractivity contribution in [1.82, 2.24) is 4.31 Å². The lowest BCUT2D eigenvalue weighted by Crippen LogP contribution is -2.44. The lowest BCUT2D eigenvalue weighted by atomic mass is 9.99. The van der Waals surface area contributed by atoms with Gasteiger partial charge in [0.25, 0.3) is 0 Å². The first-order valence-electron chi connectivity index (χ1n) is 8.62. The van der Waals surface area contributed by atoms with Crippen molar-refractivity contribution in [2.75, 3.05) is 18.4 Å². The van der Waals surface area contributed by atoms with E-state index in [1.165, 1.54) is 28.6 Å². The minimum absolute atomic E-state index is 0.135. The first-order chi connectivity index (χ1) is 12.8. The number of carbonyl (C=O) groups excluding carboxylic acids is 1. The summed E-state index contributed by atoms with van der Waals surface area (Å²) in [4.78, 5) is 12.5. The second-order valence-corrected chi connectivity index (χ2v) is 8.98. The number of nitrogens with one attached hydrogen (secondary N) is 1. The third kappa shape index (κ3) is 5.28. The summed E-state index contributed by atoms with van der Waals surface area (Å²) in [5.74, 6) is -1.24. The third-order valence-corrected chi connectivity index (χ3v) is 6.55. The van der Waals surface area contributed by atoms with Crippen molar-refractivity contribution in [3.05, 3.63) is 64.9 Å². The van der Waals surface area contributed by atoms with Gasteiger partial charge in [-0.15, -0.1) is 0 Å². The zero-order valence-electron chi connectivity index (χ0n) is 14.6. The van der Waals surface area contributed by atoms with Crippen molar-refractivity contribution in [2.24, 2.45) is 5.92 Å². The molecule has 1 unspecified atom stereocenters. The number of nitrogens with zero attached hydrogens (tertiary/aromatic N) is 1. The van der Waals surface area contributed by atoms with Gasteiger partial charge in [0, 0.05) is 23.8 Å². The van der Waals surface area contributed by atoms with Gasteiger partial charge in [-0.1, -0.05) is 23.7 Å². The zero-order valence-corrected chi connectivity index (χ0v) is 16.1. The average molecular weight is 411 g/mol. The minimum Gasteiger partial charge on any atom is -0.326 e. The van der Waals surface area contributed by atoms with Crippen LogP contribution in [0, 0.1) is 11.7 Å². The van der Waals surface area contributed by atoms with Gasteiger partial charge in [-0.3, -0.25) is 4.79 Å². The van der Waals surface area contributed by atoms with Crippen molar-refractivity contribution >= 4 is 33.2 Å². The standard InChI is InChI=1S/C19H20ClFN2O3S/c20-16-5-1-3-14(11-16)13-27(25,26)23-10-2-4-15(12-23)19(24)22-18-8-6-17(21)7-9-18/h1,3,5-9,11,15H,2,4,10,12-13H2,(H,22,24). The van der Waals surface area contributed by atoms with E-state index in [9.17, 15) is 17.6 Å². The van der Waals surface area contributed by atoms with E-state index >= 15 is 0 Å². The molecule has 1 saturated heterocycles. The molecule has 0 aliphatic carbocycles. The fraction of sp³-hybridized carbons (Fsp3) is 0.316. The molecule has 27 heavy (non-hydrogen) atoms. The van der Waals surface area contributed by atoms with E-state index in [1.807, 2.05) is 0 Å². The molecule has 1 N–H and O–H groups in total. The fourth-order valence-corrected chi connectivity index (χ4v) is 4.93. The molecule has 8 heteroatoms. The van der Waals surface area contributed by atoms with Gasteiger partial charge in [-0.2, -0.15) is 0 Å². The van der Waals surface area contributed by atoms with Gasteiger partial charge in [-0.25, -0.2) is 17.1 Å². The van der Waals surface area contributed by atoms with Gasteiger partial charge >= 0.3 is 0 Å². The number of amides is 1. The van der Waals surface area contributed by atoms with E-state index in [0.717, 1.165) is 0 Å². The topological polar surface area (TPSA) is 66.5 Å². The number of piperidine rings is 1. The maximum atomic E-state index is 13.0. The van der Waals surface area contributed by atoms with E-state index < -0.39 is 15.9 Å². The zero-order chi connectivity index (χ0) is 19.4. The Morgan fingerprint density at radius 3 is 2.67 bits per heavy atom. The van der Waals surface area contributed by atoms with Gasteiger partial charge in [0.05, 0.1) is 11.7 Å². The SMILES string of the molecule is O=C(Nc1ccc(F)cc1)C1CCCN(S(=O)(=O)Cc2cccc(Cl)c2)C1. The molecule has 2 aromatic rings. The number of halogens is 2. The maximum absolute atomic E-state index is 13.0. The molecule has 1 fully saturated rings. The predicted octanol–water partition coefficient (Wildman–Crippen LogP) is 3.66. The molecule has 0 radical (unpaired) electrons. The molecule has 0 saturated carbocycles. The molecule has 0 bridgehead atoms. The van der Waals surface area contributed by atoms with Crippen LogP contribution in [-0.2, 0) is 20.6 Å². The van der Waals surface area contributed by atoms with Gasteiger partial charge in [0.15, 0.2) is 0 Å². The largest absolute Gasteiger partial charge is 0.326 e. The highest BCUT2D eigenvalue weighted by Gasteiger charge is 2.32. The highest BCUT2D eigenvalue weighted by molar-refractivity contribution is 7.88. The second kappa shape index (κ2) is 8.37. The average Bonchev–Trinajstić information content (AvgIpc) is 2.63. The maximum Gasteiger partial charge on any atom is 0.228 e. The molecule has 5 nitrogen and oxygen atoms in total. The summed E-state index contributed by atoms with van der Waals surface area (Å²) >= 11 is 5.93. The lowest BCUT2D eigenvalue weighted by Gasteiger charge is -2.31. The summed E-state index contributed by atoms with van der Waals surface area (Å²) in [5.41, 5.74) is 1.10. The summed E-state index contributed by atoms with van der Waals surface area (Å²) in [6.45, 7) is 0.527. The van der Waals surface area contributed by atoms with Crippen LogP contribution < -0.4 is 5.32 Å². The van der Waals surface area contributed by atoms with Crippen molar-refractivity contribution in [2.45, 2.75) is 18.6 Å². The fourth-order valence-electron chi connectivity index (χ4n) is 3.12. The molecule has 1 aliphatic heterocycles. The number of sulfonamides is 1. The van der Waals surface area contributed by atoms with Crippen molar-refractivity contribution in [1.29, 1.82) is 0 Å². The first-order valence-corrected chi connectivity index (χ1v) is 10.6. The third-order valence-electron chi connectivity index (χ3n) is 4.50. The summed E-state index contributed by atoms with van der Waals surface area (Å²) in [6, 6.07) is 12.2. The van der Waals surface area contributed by atoms with Gasteiger partial charge in [0.1, 0.15) is 5.82 Å². The molecular formula is C19H20ClFN2O3S. The van der Waals surface area contributed by atoms with E-state index in [1.54, 1.807) is 24.3 Å². The van der Waals surface area contributed by atoms with Crippen LogP contribution in [0.3, 0.4) is 0 Å². The Kier molecular flexibility index (Phi) is 6.14. The molecule has 0 aromatic heterocycles. The summed E-state index contributed by atoms with van der Waals surface area (Å²) in [7, 11) is -3.55. The molecule has 1 heterocycles. The van der Waals surface area contributed by atoms with Gasteiger partial charge < -0.3 is 5.32 Å². The monoisotopic (exact) mass is 410 g/mol. The summed E-state index contributed by atoms with van der Waals surface area (Å²) in [6.07, 6.45) is 1.21. The summed E-state index contributed by atoms with van der Waals surface area (Å²) in [5, 5.41) is 3.21. The number of benzene rings is 2. The van der Waals surface area contributed by atoms with Gasteiger partial charge in [-0.05, 0) is 54.8 Å². The first kappa shape index (κ1) is 19.8. The Hall–Kier alpha value is -1.96. The highest BCUT2D eigenvalue weighted by atomic mass is 35.5. The predicted molar refractivity (Wildman–Crippen MR) is 103 cm³/mol. The molecule has 0 spiro atoms. The Bertz CT molecular complexity index is 919. The molecular weight excluding hydrogens is 391 g/mol. The van der Waals surface area contributed by atoms with Crippen molar-refractivity contribution in [3.63, 3.8) is 0 Å². The van der Waals surface area contributed by atoms with Crippen LogP contribution in [0.15, 0.2) is 48.5 Å². The van der Waals surface area contributed by atoms with Crippen LogP contribution in [-0.4, -0.2) is 31.7 Å². The van der Waals surface area contributed by atoms with Crippen molar-refractivity contribution in [3.8, 4) is 0 Å². The molecule has 144 valence electrons. The quantitative estimate of drug-likeness (QED) is 0.818. The second-order valence-electron chi connectivity index (χ2n) is 6.58. The molecule has 1 atom stereocenters. The minimum atomic E-state index is -3.55. The molecule has 1 amide bonds. The van der Waals surface area contributed by atoms with Crippen LogP contribution in [0.1, 0.15) is 18.4 Å². The van der Waals surface area contributed by atoms with Gasteiger partial charge in [0.2, 0.25) is 15.9 Å². The molecule has 3 rings (SSSR count). The number of rotatable bonds is 5. The number of anilines is 1. The van der Waals surface area contributed by atoms with E-state index in [-0.39, 0.29) is 24.0 Å². The lowest BCUT2D eigenvalue weighted by molar-refractivity contribution is -0.120. The Balaban J connectivity index is 1.65. The highest BCUT2D eigenvalue weighted by Crippen LogP contribution is 2.23. The Labute approximate surface area is 163 Å². The van der Waals surface area contributed by atoms with Crippen LogP contribution in [0.2, 0.25) is 5.02 Å². The number of hydrogen-bond acceptors (Lipinski definition) is 3. The Morgan fingerprint density at radius 1 is 1.22 bits per heavy atom. The molecule has 1 aliphatic rings. The Morgan fingerprint density at radius 2 is 1.96 bits per heavy atom. The molecule has 2 aromatic carbocycles. The smallest absolute Gasteiger partial charge is 0.228 e. The van der Waals surface area contributed by atoms with E-state index in [2.05, 4.69) is 5.32 Å². The van der Waals surface area contributed by atoms with Crippen LogP contribution in [0.25, 0.3) is 0 Å². The summed E-state index contributed by atoms with van der Waals surface area (Å²) < 4.78 is 39.8. The van der Waals surface area contributed by atoms with Crippen molar-refractivity contribution < 1.29 is 17.6 Å². The van der Waals surface area contributed by atoms with E-state index in [4.69, 9.17) is 11.6 Å². The van der Waals surface area contributed by atoms with Crippen LogP contribution >= 0.6 is 11.6 Å².